The molecule has 2 rings (SSSR count). The third-order valence-electron chi connectivity index (χ3n) is 3.75. The van der Waals surface area contributed by atoms with Crippen molar-refractivity contribution in [2.24, 2.45) is 5.73 Å². The molecule has 2 N–H and O–H groups in total. The molecule has 19 heavy (non-hydrogen) atoms. The van der Waals surface area contributed by atoms with Gasteiger partial charge in [0, 0.05) is 18.6 Å². The summed E-state index contributed by atoms with van der Waals surface area (Å²) in [5, 5.41) is 1.27. The lowest BCUT2D eigenvalue weighted by Gasteiger charge is -2.32. The molecular weight excluding hydrogens is 279 g/mol. The van der Waals surface area contributed by atoms with Crippen molar-refractivity contribution in [2.45, 2.75) is 44.7 Å². The number of nitrogens with zero attached hydrogens (tertiary/aromatic N) is 1. The van der Waals surface area contributed by atoms with E-state index in [1.165, 1.54) is 25.7 Å². The number of nitrogens with two attached hydrogens (primary N) is 1. The molecular formula is C15H22Cl2N2. The van der Waals surface area contributed by atoms with Crippen molar-refractivity contribution < 1.29 is 0 Å². The standard InChI is InChI=1S/C15H22Cl2N2/c1-2-3-9-19(11-7-8-11)14(10-18)12-5-4-6-13(16)15(12)17/h4-6,11,14H,2-3,7-10,18H2,1H3. The molecule has 0 heterocycles. The van der Waals surface area contributed by atoms with Gasteiger partial charge < -0.3 is 5.73 Å². The van der Waals surface area contributed by atoms with Crippen LogP contribution in [0.25, 0.3) is 0 Å². The molecule has 0 aliphatic heterocycles. The van der Waals surface area contributed by atoms with Crippen LogP contribution in [0.15, 0.2) is 18.2 Å². The van der Waals surface area contributed by atoms with Gasteiger partial charge in [0.25, 0.3) is 0 Å². The number of halogens is 2. The van der Waals surface area contributed by atoms with Gasteiger partial charge in [-0.25, -0.2) is 0 Å². The summed E-state index contributed by atoms with van der Waals surface area (Å²) in [5.41, 5.74) is 7.09. The van der Waals surface area contributed by atoms with Crippen LogP contribution in [0.5, 0.6) is 0 Å². The average Bonchev–Trinajstić information content (AvgIpc) is 3.23. The van der Waals surface area contributed by atoms with Crippen LogP contribution in [-0.2, 0) is 0 Å². The van der Waals surface area contributed by atoms with Crippen molar-refractivity contribution >= 4 is 23.2 Å². The molecule has 0 bridgehead atoms. The number of hydrogen-bond donors (Lipinski definition) is 1. The van der Waals surface area contributed by atoms with Gasteiger partial charge in [0.1, 0.15) is 0 Å². The Balaban J connectivity index is 2.23. The van der Waals surface area contributed by atoms with Gasteiger partial charge >= 0.3 is 0 Å². The van der Waals surface area contributed by atoms with Gasteiger partial charge in [-0.05, 0) is 37.4 Å². The largest absolute Gasteiger partial charge is 0.329 e. The Bertz CT molecular complexity index is 419. The number of benzene rings is 1. The van der Waals surface area contributed by atoms with Crippen molar-refractivity contribution in [2.75, 3.05) is 13.1 Å². The van der Waals surface area contributed by atoms with Crippen molar-refractivity contribution in [1.29, 1.82) is 0 Å². The van der Waals surface area contributed by atoms with Crippen LogP contribution in [-0.4, -0.2) is 24.0 Å². The van der Waals surface area contributed by atoms with E-state index in [-0.39, 0.29) is 6.04 Å². The quantitative estimate of drug-likeness (QED) is 0.815. The summed E-state index contributed by atoms with van der Waals surface area (Å²) in [7, 11) is 0. The number of hydrogen-bond acceptors (Lipinski definition) is 2. The zero-order chi connectivity index (χ0) is 13.8. The lowest BCUT2D eigenvalue weighted by molar-refractivity contribution is 0.188. The maximum atomic E-state index is 6.36. The highest BCUT2D eigenvalue weighted by Gasteiger charge is 2.34. The van der Waals surface area contributed by atoms with Crippen LogP contribution < -0.4 is 5.73 Å². The Hall–Kier alpha value is -0.280. The summed E-state index contributed by atoms with van der Waals surface area (Å²) >= 11 is 12.5. The molecule has 1 aliphatic rings. The molecule has 0 spiro atoms. The van der Waals surface area contributed by atoms with Crippen LogP contribution in [0.2, 0.25) is 10.0 Å². The zero-order valence-electron chi connectivity index (χ0n) is 11.4. The lowest BCUT2D eigenvalue weighted by Crippen LogP contribution is -2.36. The van der Waals surface area contributed by atoms with Crippen LogP contribution in [0.4, 0.5) is 0 Å². The molecule has 0 aromatic heterocycles. The molecule has 0 saturated heterocycles. The Kier molecular flexibility index (Phi) is 5.52. The fraction of sp³-hybridized carbons (Fsp3) is 0.600. The van der Waals surface area contributed by atoms with Crippen LogP contribution in [0.1, 0.15) is 44.2 Å². The van der Waals surface area contributed by atoms with E-state index in [1.54, 1.807) is 0 Å². The number of unbranched alkanes of at least 4 members (excludes halogenated alkanes) is 1. The SMILES string of the molecule is CCCCN(C1CC1)C(CN)c1cccc(Cl)c1Cl. The highest BCUT2D eigenvalue weighted by atomic mass is 35.5. The summed E-state index contributed by atoms with van der Waals surface area (Å²) in [5.74, 6) is 0. The van der Waals surface area contributed by atoms with Crippen molar-refractivity contribution in [3.63, 3.8) is 0 Å². The first-order chi connectivity index (χ1) is 9.19. The Morgan fingerprint density at radius 3 is 2.68 bits per heavy atom. The third-order valence-corrected chi connectivity index (χ3v) is 4.58. The number of rotatable bonds is 7. The molecule has 1 unspecified atom stereocenters. The normalized spacial score (nSPS) is 16.9. The predicted molar refractivity (Wildman–Crippen MR) is 82.9 cm³/mol. The minimum Gasteiger partial charge on any atom is -0.329 e. The van der Waals surface area contributed by atoms with Gasteiger partial charge in [-0.15, -0.1) is 0 Å². The first-order valence-corrected chi connectivity index (χ1v) is 7.84. The molecule has 1 aliphatic carbocycles. The highest BCUT2D eigenvalue weighted by Crippen LogP contribution is 2.38. The molecule has 1 aromatic rings. The molecule has 1 aromatic carbocycles. The summed E-state index contributed by atoms with van der Waals surface area (Å²) in [6, 6.07) is 6.69. The van der Waals surface area contributed by atoms with Gasteiger partial charge in [-0.2, -0.15) is 0 Å². The Morgan fingerprint density at radius 2 is 2.11 bits per heavy atom. The van der Waals surface area contributed by atoms with Gasteiger partial charge in [-0.1, -0.05) is 48.7 Å². The van der Waals surface area contributed by atoms with Crippen LogP contribution in [0.3, 0.4) is 0 Å². The van der Waals surface area contributed by atoms with E-state index in [0.717, 1.165) is 12.1 Å². The molecule has 1 atom stereocenters. The predicted octanol–water partition coefficient (Wildman–Crippen LogP) is 4.26. The first kappa shape index (κ1) is 15.1. The van der Waals surface area contributed by atoms with Crippen molar-refractivity contribution in [1.82, 2.24) is 4.90 Å². The lowest BCUT2D eigenvalue weighted by atomic mass is 10.0. The third kappa shape index (κ3) is 3.63. The van der Waals surface area contributed by atoms with Crippen LogP contribution >= 0.6 is 23.2 Å². The van der Waals surface area contributed by atoms with E-state index in [9.17, 15) is 0 Å². The van der Waals surface area contributed by atoms with Gasteiger partial charge in [0.05, 0.1) is 10.0 Å². The van der Waals surface area contributed by atoms with Crippen LogP contribution in [0, 0.1) is 0 Å². The van der Waals surface area contributed by atoms with Gasteiger partial charge in [0.2, 0.25) is 0 Å². The maximum Gasteiger partial charge on any atom is 0.0640 e. The second-order valence-electron chi connectivity index (χ2n) is 5.22. The fourth-order valence-electron chi connectivity index (χ4n) is 2.56. The second kappa shape index (κ2) is 6.94. The summed E-state index contributed by atoms with van der Waals surface area (Å²) in [6.45, 7) is 3.89. The average molecular weight is 301 g/mol. The van der Waals surface area contributed by atoms with E-state index in [2.05, 4.69) is 11.8 Å². The fourth-order valence-corrected chi connectivity index (χ4v) is 2.99. The molecule has 0 radical (unpaired) electrons. The monoisotopic (exact) mass is 300 g/mol. The zero-order valence-corrected chi connectivity index (χ0v) is 12.9. The molecule has 106 valence electrons. The van der Waals surface area contributed by atoms with Crippen molar-refractivity contribution in [3.05, 3.63) is 33.8 Å². The smallest absolute Gasteiger partial charge is 0.0640 e. The maximum absolute atomic E-state index is 6.36. The topological polar surface area (TPSA) is 29.3 Å². The molecule has 1 fully saturated rings. The van der Waals surface area contributed by atoms with E-state index >= 15 is 0 Å². The van der Waals surface area contributed by atoms with E-state index in [4.69, 9.17) is 28.9 Å². The molecule has 1 saturated carbocycles. The molecule has 4 heteroatoms. The summed E-state index contributed by atoms with van der Waals surface area (Å²) in [6.07, 6.45) is 4.95. The van der Waals surface area contributed by atoms with E-state index in [0.29, 0.717) is 22.6 Å². The van der Waals surface area contributed by atoms with Gasteiger partial charge in [0.15, 0.2) is 0 Å². The minimum absolute atomic E-state index is 0.185. The Morgan fingerprint density at radius 1 is 1.37 bits per heavy atom. The molecule has 0 amide bonds. The molecule has 2 nitrogen and oxygen atoms in total. The Labute approximate surface area is 125 Å². The van der Waals surface area contributed by atoms with E-state index in [1.807, 2.05) is 18.2 Å². The first-order valence-electron chi connectivity index (χ1n) is 7.08. The highest BCUT2D eigenvalue weighted by molar-refractivity contribution is 6.42. The summed E-state index contributed by atoms with van der Waals surface area (Å²) in [4.78, 5) is 2.51. The minimum atomic E-state index is 0.185. The summed E-state index contributed by atoms with van der Waals surface area (Å²) < 4.78 is 0. The van der Waals surface area contributed by atoms with E-state index < -0.39 is 0 Å². The van der Waals surface area contributed by atoms with Crippen molar-refractivity contribution in [3.8, 4) is 0 Å². The second-order valence-corrected chi connectivity index (χ2v) is 6.00. The van der Waals surface area contributed by atoms with Gasteiger partial charge in [-0.3, -0.25) is 4.90 Å².